The van der Waals surface area contributed by atoms with Crippen LogP contribution < -0.4 is 0 Å². The third-order valence-electron chi connectivity index (χ3n) is 2.94. The van der Waals surface area contributed by atoms with Crippen molar-refractivity contribution in [2.45, 2.75) is 51.6 Å². The molecule has 0 amide bonds. The van der Waals surface area contributed by atoms with Crippen LogP contribution in [0.3, 0.4) is 0 Å². The molecule has 0 fully saturated rings. The Kier molecular flexibility index (Phi) is 7.82. The topological polar surface area (TPSA) is 59.1 Å². The Morgan fingerprint density at radius 2 is 2.05 bits per heavy atom. The predicted molar refractivity (Wildman–Crippen MR) is 72.1 cm³/mol. The summed E-state index contributed by atoms with van der Waals surface area (Å²) < 4.78 is 5.21. The molecule has 1 radical (unpaired) electrons. The smallest absolute Gasteiger partial charge is 0.302 e. The fraction of sp³-hybridized carbons (Fsp3) is 0.600. The van der Waals surface area contributed by atoms with Crippen LogP contribution in [0.25, 0.3) is 0 Å². The summed E-state index contributed by atoms with van der Waals surface area (Å²) >= 11 is 0. The van der Waals surface area contributed by atoms with Gasteiger partial charge in [0.25, 0.3) is 0 Å². The Balaban J connectivity index is 2.21. The summed E-state index contributed by atoms with van der Waals surface area (Å²) in [7, 11) is 0. The number of esters is 1. The van der Waals surface area contributed by atoms with Gasteiger partial charge in [0.1, 0.15) is 6.10 Å². The van der Waals surface area contributed by atoms with Crippen molar-refractivity contribution in [2.24, 2.45) is 0 Å². The molecule has 0 aliphatic rings. The number of carbonyl (C=O) groups excluding carboxylic acids is 1. The van der Waals surface area contributed by atoms with Crippen LogP contribution in [-0.4, -0.2) is 23.7 Å². The Bertz CT molecular complexity index is 354. The lowest BCUT2D eigenvalue weighted by molar-refractivity contribution is -0.147. The fourth-order valence-corrected chi connectivity index (χ4v) is 2.03. The molecule has 0 N–H and O–H groups in total. The van der Waals surface area contributed by atoms with E-state index in [-0.39, 0.29) is 18.7 Å². The highest BCUT2D eigenvalue weighted by atomic mass is 16.5. The molecule has 1 rings (SSSR count). The Labute approximate surface area is 114 Å². The van der Waals surface area contributed by atoms with Gasteiger partial charge in [-0.25, -0.2) is 5.11 Å². The molecule has 1 aromatic heterocycles. The molecule has 1 unspecified atom stereocenters. The Morgan fingerprint density at radius 1 is 1.26 bits per heavy atom. The number of carbonyl (C=O) groups is 1. The van der Waals surface area contributed by atoms with E-state index in [9.17, 15) is 9.90 Å². The molecule has 0 aliphatic carbocycles. The van der Waals surface area contributed by atoms with Crippen LogP contribution in [0.4, 0.5) is 0 Å². The zero-order chi connectivity index (χ0) is 13.9. The van der Waals surface area contributed by atoms with E-state index in [1.807, 2.05) is 18.2 Å². The van der Waals surface area contributed by atoms with Crippen LogP contribution in [0.15, 0.2) is 24.4 Å². The number of unbranched alkanes of at least 4 members (excludes halogenated alkanes) is 1. The monoisotopic (exact) mass is 264 g/mol. The average molecular weight is 264 g/mol. The molecule has 0 saturated carbocycles. The van der Waals surface area contributed by atoms with Gasteiger partial charge in [-0.2, -0.15) is 0 Å². The van der Waals surface area contributed by atoms with E-state index < -0.39 is 0 Å². The maximum absolute atomic E-state index is 11.0. The normalized spacial score (nSPS) is 12.1. The van der Waals surface area contributed by atoms with Crippen LogP contribution in [0, 0.1) is 0 Å². The molecule has 1 heterocycles. The summed E-state index contributed by atoms with van der Waals surface area (Å²) in [5, 5.41) is 10.5. The number of aryl methyl sites for hydroxylation is 1. The molecule has 1 aromatic rings. The van der Waals surface area contributed by atoms with Crippen molar-refractivity contribution in [3.05, 3.63) is 30.1 Å². The van der Waals surface area contributed by atoms with Gasteiger partial charge in [-0.1, -0.05) is 6.07 Å². The highest BCUT2D eigenvalue weighted by molar-refractivity contribution is 5.66. The first-order chi connectivity index (χ1) is 9.22. The maximum Gasteiger partial charge on any atom is 0.302 e. The number of hydrogen-bond donors (Lipinski definition) is 0. The first-order valence-corrected chi connectivity index (χ1v) is 6.87. The van der Waals surface area contributed by atoms with Crippen molar-refractivity contribution in [3.63, 3.8) is 0 Å². The van der Waals surface area contributed by atoms with Gasteiger partial charge in [0.15, 0.2) is 0 Å². The minimum Gasteiger partial charge on any atom is -0.463 e. The summed E-state index contributed by atoms with van der Waals surface area (Å²) in [5.74, 6) is -0.263. The quantitative estimate of drug-likeness (QED) is 0.509. The number of hydrogen-bond acceptors (Lipinski definition) is 3. The van der Waals surface area contributed by atoms with E-state index in [2.05, 4.69) is 4.98 Å². The number of pyridine rings is 1. The lowest BCUT2D eigenvalue weighted by Crippen LogP contribution is -2.16. The van der Waals surface area contributed by atoms with E-state index in [4.69, 9.17) is 4.74 Å². The second-order valence-electron chi connectivity index (χ2n) is 4.64. The van der Waals surface area contributed by atoms with Crippen molar-refractivity contribution in [2.75, 3.05) is 6.61 Å². The fourth-order valence-electron chi connectivity index (χ4n) is 2.03. The van der Waals surface area contributed by atoms with Crippen molar-refractivity contribution in [1.82, 2.24) is 4.98 Å². The van der Waals surface area contributed by atoms with Gasteiger partial charge in [-0.3, -0.25) is 9.78 Å². The van der Waals surface area contributed by atoms with E-state index in [0.29, 0.717) is 12.8 Å². The van der Waals surface area contributed by atoms with Crippen molar-refractivity contribution in [3.8, 4) is 0 Å². The molecule has 4 heteroatoms. The predicted octanol–water partition coefficient (Wildman–Crippen LogP) is 2.94. The minimum absolute atomic E-state index is 0.102. The lowest BCUT2D eigenvalue weighted by atomic mass is 10.1. The number of aromatic nitrogens is 1. The summed E-state index contributed by atoms with van der Waals surface area (Å²) in [5.41, 5.74) is 1.09. The van der Waals surface area contributed by atoms with Crippen LogP contribution >= 0.6 is 0 Å². The lowest BCUT2D eigenvalue weighted by Gasteiger charge is -2.16. The maximum atomic E-state index is 11.0. The second-order valence-corrected chi connectivity index (χ2v) is 4.64. The van der Waals surface area contributed by atoms with E-state index in [1.165, 1.54) is 6.92 Å². The Morgan fingerprint density at radius 3 is 2.68 bits per heavy atom. The van der Waals surface area contributed by atoms with Gasteiger partial charge in [0, 0.05) is 18.8 Å². The standard InChI is InChI=1S/C15H22NO3/c1-13(18)19-15(10-6-12-17)9-3-2-7-14-8-4-5-11-16-14/h4-5,8,11,15H,2-3,6-7,9-10,12H2,1H3. The first kappa shape index (κ1) is 15.6. The van der Waals surface area contributed by atoms with E-state index >= 15 is 0 Å². The summed E-state index contributed by atoms with van der Waals surface area (Å²) in [6.07, 6.45) is 6.70. The van der Waals surface area contributed by atoms with Crippen molar-refractivity contribution in [1.29, 1.82) is 0 Å². The molecule has 105 valence electrons. The summed E-state index contributed by atoms with van der Waals surface area (Å²) in [6.45, 7) is 1.31. The molecule has 0 saturated heterocycles. The van der Waals surface area contributed by atoms with Crippen LogP contribution in [0.1, 0.15) is 44.7 Å². The summed E-state index contributed by atoms with van der Waals surface area (Å²) in [6, 6.07) is 5.91. The number of ether oxygens (including phenoxy) is 1. The molecule has 0 aliphatic heterocycles. The number of nitrogens with zero attached hydrogens (tertiary/aromatic N) is 1. The van der Waals surface area contributed by atoms with Crippen LogP contribution in [0.5, 0.6) is 0 Å². The van der Waals surface area contributed by atoms with Crippen LogP contribution in [-0.2, 0) is 21.1 Å². The SMILES string of the molecule is CC(=O)OC(CCC[O])CCCCc1ccccn1. The van der Waals surface area contributed by atoms with E-state index in [0.717, 1.165) is 31.4 Å². The second kappa shape index (κ2) is 9.50. The average Bonchev–Trinajstić information content (AvgIpc) is 2.41. The molecule has 0 bridgehead atoms. The highest BCUT2D eigenvalue weighted by Crippen LogP contribution is 2.13. The van der Waals surface area contributed by atoms with Gasteiger partial charge in [-0.15, -0.1) is 0 Å². The van der Waals surface area contributed by atoms with Gasteiger partial charge in [-0.05, 0) is 50.7 Å². The van der Waals surface area contributed by atoms with Gasteiger partial charge >= 0.3 is 5.97 Å². The van der Waals surface area contributed by atoms with Crippen molar-refractivity contribution >= 4 is 5.97 Å². The van der Waals surface area contributed by atoms with Gasteiger partial charge in [0.05, 0.1) is 6.61 Å². The zero-order valence-corrected chi connectivity index (χ0v) is 11.5. The minimum atomic E-state index is -0.263. The first-order valence-electron chi connectivity index (χ1n) is 6.87. The molecule has 1 atom stereocenters. The molecule has 0 spiro atoms. The van der Waals surface area contributed by atoms with Crippen molar-refractivity contribution < 1.29 is 14.6 Å². The molecular weight excluding hydrogens is 242 g/mol. The third kappa shape index (κ3) is 7.57. The molecule has 0 aromatic carbocycles. The van der Waals surface area contributed by atoms with Crippen LogP contribution in [0.2, 0.25) is 0 Å². The molecule has 19 heavy (non-hydrogen) atoms. The zero-order valence-electron chi connectivity index (χ0n) is 11.5. The van der Waals surface area contributed by atoms with Gasteiger partial charge in [0.2, 0.25) is 0 Å². The molecule has 4 nitrogen and oxygen atoms in total. The summed E-state index contributed by atoms with van der Waals surface area (Å²) in [4.78, 5) is 15.2. The third-order valence-corrected chi connectivity index (χ3v) is 2.94. The van der Waals surface area contributed by atoms with E-state index in [1.54, 1.807) is 6.20 Å². The largest absolute Gasteiger partial charge is 0.463 e. The highest BCUT2D eigenvalue weighted by Gasteiger charge is 2.11. The number of rotatable bonds is 9. The Hall–Kier alpha value is -1.42. The van der Waals surface area contributed by atoms with Gasteiger partial charge < -0.3 is 4.74 Å². The molecular formula is C15H22NO3.